The van der Waals surface area contributed by atoms with Gasteiger partial charge in [0.05, 0.1) is 16.4 Å². The van der Waals surface area contributed by atoms with Crippen LogP contribution in [0.15, 0.2) is 18.2 Å². The maximum atomic E-state index is 6.34. The predicted octanol–water partition coefficient (Wildman–Crippen LogP) is 4.13. The van der Waals surface area contributed by atoms with Gasteiger partial charge in [0.1, 0.15) is 5.82 Å². The fraction of sp³-hybridized carbons (Fsp3) is 0.588. The van der Waals surface area contributed by atoms with Crippen molar-refractivity contribution in [2.24, 2.45) is 0 Å². The molecule has 0 amide bonds. The monoisotopic (exact) mass is 305 g/mol. The van der Waals surface area contributed by atoms with Crippen LogP contribution in [0.3, 0.4) is 0 Å². The lowest BCUT2D eigenvalue weighted by atomic mass is 10.2. The fourth-order valence-electron chi connectivity index (χ4n) is 3.30. The second-order valence-electron chi connectivity index (χ2n) is 6.08. The van der Waals surface area contributed by atoms with Crippen LogP contribution in [0, 0.1) is 6.92 Å². The first kappa shape index (κ1) is 14.9. The number of alkyl halides is 1. The van der Waals surface area contributed by atoms with Crippen LogP contribution in [0.4, 0.5) is 0 Å². The molecule has 114 valence electrons. The van der Waals surface area contributed by atoms with Gasteiger partial charge >= 0.3 is 0 Å². The first-order valence-electron chi connectivity index (χ1n) is 7.99. The molecule has 0 bridgehead atoms. The first-order chi connectivity index (χ1) is 10.2. The number of fused-ring (bicyclic) bond motifs is 1. The van der Waals surface area contributed by atoms with E-state index >= 15 is 0 Å². The van der Waals surface area contributed by atoms with E-state index < -0.39 is 0 Å². The first-order valence-corrected chi connectivity index (χ1v) is 8.42. The molecule has 1 atom stereocenters. The molecule has 3 nitrogen and oxygen atoms in total. The Morgan fingerprint density at radius 3 is 2.71 bits per heavy atom. The Hall–Kier alpha value is -1.06. The van der Waals surface area contributed by atoms with E-state index in [-0.39, 0.29) is 5.38 Å². The Labute approximate surface area is 131 Å². The van der Waals surface area contributed by atoms with Gasteiger partial charge in [0.25, 0.3) is 0 Å². The molecule has 1 aromatic heterocycles. The summed E-state index contributed by atoms with van der Waals surface area (Å²) in [6.45, 7) is 8.84. The van der Waals surface area contributed by atoms with Crippen LogP contribution in [0.1, 0.15) is 43.0 Å². The molecule has 1 aromatic carbocycles. The van der Waals surface area contributed by atoms with Gasteiger partial charge in [-0.15, -0.1) is 11.6 Å². The van der Waals surface area contributed by atoms with Crippen molar-refractivity contribution >= 4 is 22.6 Å². The molecule has 0 saturated carbocycles. The van der Waals surface area contributed by atoms with Crippen molar-refractivity contribution in [3.8, 4) is 0 Å². The van der Waals surface area contributed by atoms with Crippen molar-refractivity contribution in [1.29, 1.82) is 0 Å². The highest BCUT2D eigenvalue weighted by molar-refractivity contribution is 6.20. The molecule has 0 N–H and O–H groups in total. The van der Waals surface area contributed by atoms with E-state index in [4.69, 9.17) is 16.6 Å². The average molecular weight is 306 g/mol. The van der Waals surface area contributed by atoms with Crippen LogP contribution in [-0.2, 0) is 6.54 Å². The van der Waals surface area contributed by atoms with Crippen molar-refractivity contribution in [3.63, 3.8) is 0 Å². The maximum absolute atomic E-state index is 6.34. The predicted molar refractivity (Wildman–Crippen MR) is 89.0 cm³/mol. The number of likely N-dealkylation sites (tertiary alicyclic amines) is 1. The zero-order chi connectivity index (χ0) is 14.8. The number of benzene rings is 1. The van der Waals surface area contributed by atoms with E-state index in [1.54, 1.807) is 0 Å². The Morgan fingerprint density at radius 2 is 2.00 bits per heavy atom. The molecule has 1 unspecified atom stereocenters. The SMILES string of the molecule is Cc1cccc2c1nc(C(C)Cl)n2CCCN1CCCC1. The summed E-state index contributed by atoms with van der Waals surface area (Å²) in [6.07, 6.45) is 3.88. The largest absolute Gasteiger partial charge is 0.327 e. The minimum atomic E-state index is -0.0522. The molecule has 1 saturated heterocycles. The normalized spacial score (nSPS) is 17.7. The molecule has 21 heavy (non-hydrogen) atoms. The summed E-state index contributed by atoms with van der Waals surface area (Å²) in [4.78, 5) is 7.34. The molecule has 2 aromatic rings. The Balaban J connectivity index is 1.81. The summed E-state index contributed by atoms with van der Waals surface area (Å²) >= 11 is 6.34. The van der Waals surface area contributed by atoms with Gasteiger partial charge in [0.15, 0.2) is 0 Å². The van der Waals surface area contributed by atoms with Gasteiger partial charge in [-0.25, -0.2) is 4.98 Å². The highest BCUT2D eigenvalue weighted by Crippen LogP contribution is 2.26. The summed E-state index contributed by atoms with van der Waals surface area (Å²) in [5, 5.41) is -0.0522. The summed E-state index contributed by atoms with van der Waals surface area (Å²) in [6, 6.07) is 6.39. The molecule has 4 heteroatoms. The molecule has 1 aliphatic rings. The lowest BCUT2D eigenvalue weighted by Crippen LogP contribution is -2.21. The zero-order valence-electron chi connectivity index (χ0n) is 13.0. The van der Waals surface area contributed by atoms with E-state index in [1.807, 2.05) is 6.92 Å². The van der Waals surface area contributed by atoms with Gasteiger partial charge in [-0.3, -0.25) is 0 Å². The topological polar surface area (TPSA) is 21.1 Å². The number of aryl methyl sites for hydroxylation is 2. The number of hydrogen-bond acceptors (Lipinski definition) is 2. The van der Waals surface area contributed by atoms with Crippen LogP contribution in [0.2, 0.25) is 0 Å². The maximum Gasteiger partial charge on any atom is 0.127 e. The smallest absolute Gasteiger partial charge is 0.127 e. The van der Waals surface area contributed by atoms with E-state index in [1.165, 1.54) is 43.6 Å². The van der Waals surface area contributed by atoms with E-state index in [0.717, 1.165) is 24.3 Å². The number of rotatable bonds is 5. The number of para-hydroxylation sites is 1. The van der Waals surface area contributed by atoms with Crippen molar-refractivity contribution in [2.45, 2.75) is 45.0 Å². The second-order valence-corrected chi connectivity index (χ2v) is 6.74. The summed E-state index contributed by atoms with van der Waals surface area (Å²) in [5.41, 5.74) is 3.55. The molecule has 1 fully saturated rings. The Kier molecular flexibility index (Phi) is 4.51. The molecule has 0 spiro atoms. The molecule has 0 aliphatic carbocycles. The summed E-state index contributed by atoms with van der Waals surface area (Å²) < 4.78 is 2.32. The van der Waals surface area contributed by atoms with Crippen molar-refractivity contribution in [2.75, 3.05) is 19.6 Å². The van der Waals surface area contributed by atoms with Crippen LogP contribution in [-0.4, -0.2) is 34.1 Å². The third kappa shape index (κ3) is 3.09. The van der Waals surface area contributed by atoms with Crippen molar-refractivity contribution in [1.82, 2.24) is 14.5 Å². The molecular weight excluding hydrogens is 282 g/mol. The van der Waals surface area contributed by atoms with Crippen LogP contribution in [0.5, 0.6) is 0 Å². The second kappa shape index (κ2) is 6.37. The molecule has 1 aliphatic heterocycles. The number of aromatic nitrogens is 2. The Bertz CT molecular complexity index is 612. The standard InChI is InChI=1S/C17H24ClN3/c1-13-7-5-8-15-16(13)19-17(14(2)18)21(15)12-6-11-20-9-3-4-10-20/h5,7-8,14H,3-4,6,9-12H2,1-2H3. The van der Waals surface area contributed by atoms with Crippen LogP contribution >= 0.6 is 11.6 Å². The minimum absolute atomic E-state index is 0.0522. The van der Waals surface area contributed by atoms with Gasteiger partial charge in [0, 0.05) is 6.54 Å². The van der Waals surface area contributed by atoms with E-state index in [9.17, 15) is 0 Å². The number of imidazole rings is 1. The van der Waals surface area contributed by atoms with Crippen LogP contribution in [0.25, 0.3) is 11.0 Å². The van der Waals surface area contributed by atoms with E-state index in [0.29, 0.717) is 0 Å². The third-order valence-electron chi connectivity index (χ3n) is 4.42. The Morgan fingerprint density at radius 1 is 1.24 bits per heavy atom. The highest BCUT2D eigenvalue weighted by atomic mass is 35.5. The number of nitrogens with zero attached hydrogens (tertiary/aromatic N) is 3. The fourth-order valence-corrected chi connectivity index (χ4v) is 3.47. The van der Waals surface area contributed by atoms with Gasteiger partial charge in [-0.05, 0) is 64.4 Å². The molecule has 2 heterocycles. The lowest BCUT2D eigenvalue weighted by Gasteiger charge is -2.16. The zero-order valence-corrected chi connectivity index (χ0v) is 13.7. The lowest BCUT2D eigenvalue weighted by molar-refractivity contribution is 0.325. The number of hydrogen-bond donors (Lipinski definition) is 0. The summed E-state index contributed by atoms with van der Waals surface area (Å²) in [7, 11) is 0. The highest BCUT2D eigenvalue weighted by Gasteiger charge is 2.16. The van der Waals surface area contributed by atoms with Gasteiger partial charge in [-0.1, -0.05) is 12.1 Å². The van der Waals surface area contributed by atoms with Crippen LogP contribution < -0.4 is 0 Å². The number of halogens is 1. The van der Waals surface area contributed by atoms with Gasteiger partial charge in [0.2, 0.25) is 0 Å². The molecular formula is C17H24ClN3. The van der Waals surface area contributed by atoms with Gasteiger partial charge < -0.3 is 9.47 Å². The van der Waals surface area contributed by atoms with Crippen molar-refractivity contribution in [3.05, 3.63) is 29.6 Å². The third-order valence-corrected chi connectivity index (χ3v) is 4.62. The van der Waals surface area contributed by atoms with Gasteiger partial charge in [-0.2, -0.15) is 0 Å². The average Bonchev–Trinajstić information content (AvgIpc) is 3.08. The minimum Gasteiger partial charge on any atom is -0.327 e. The molecule has 0 radical (unpaired) electrons. The molecule has 3 rings (SSSR count). The van der Waals surface area contributed by atoms with E-state index in [2.05, 4.69) is 34.6 Å². The summed E-state index contributed by atoms with van der Waals surface area (Å²) in [5.74, 6) is 1.00. The van der Waals surface area contributed by atoms with Crippen molar-refractivity contribution < 1.29 is 0 Å². The quantitative estimate of drug-likeness (QED) is 0.774.